The van der Waals surface area contributed by atoms with Crippen molar-refractivity contribution < 1.29 is 13.2 Å². The second-order valence-corrected chi connectivity index (χ2v) is 3.47. The molecule has 0 unspecified atom stereocenters. The van der Waals surface area contributed by atoms with E-state index < -0.39 is 11.7 Å². The molecule has 0 N–H and O–H groups in total. The molecule has 0 radical (unpaired) electrons. The van der Waals surface area contributed by atoms with Crippen LogP contribution in [-0.4, -0.2) is 14.8 Å². The summed E-state index contributed by atoms with van der Waals surface area (Å²) in [4.78, 5) is 3.88. The van der Waals surface area contributed by atoms with Gasteiger partial charge in [0.25, 0.3) is 0 Å². The molecule has 0 fully saturated rings. The van der Waals surface area contributed by atoms with Gasteiger partial charge in [-0.25, -0.2) is 4.98 Å². The van der Waals surface area contributed by atoms with Crippen molar-refractivity contribution in [3.05, 3.63) is 36.2 Å². The van der Waals surface area contributed by atoms with Crippen LogP contribution in [0.15, 0.2) is 30.6 Å². The quantitative estimate of drug-likeness (QED) is 0.809. The average molecular weight is 241 g/mol. The van der Waals surface area contributed by atoms with Gasteiger partial charge in [-0.15, -0.1) is 0 Å². The van der Waals surface area contributed by atoms with Crippen molar-refractivity contribution in [3.63, 3.8) is 0 Å². The van der Waals surface area contributed by atoms with E-state index >= 15 is 0 Å². The van der Waals surface area contributed by atoms with Crippen molar-refractivity contribution in [2.45, 2.75) is 19.6 Å². The number of halogens is 3. The van der Waals surface area contributed by atoms with Gasteiger partial charge in [0.1, 0.15) is 6.33 Å². The largest absolute Gasteiger partial charge is 0.417 e. The topological polar surface area (TPSA) is 30.7 Å². The SMILES string of the molecule is CCn1cnc(-c2ccccc2C(F)(F)F)n1. The summed E-state index contributed by atoms with van der Waals surface area (Å²) in [7, 11) is 0. The Hall–Kier alpha value is -1.85. The van der Waals surface area contributed by atoms with Crippen LogP contribution in [0.25, 0.3) is 11.4 Å². The molecule has 0 saturated carbocycles. The van der Waals surface area contributed by atoms with Gasteiger partial charge in [0.15, 0.2) is 5.82 Å². The Morgan fingerprint density at radius 1 is 1.24 bits per heavy atom. The fraction of sp³-hybridized carbons (Fsp3) is 0.273. The van der Waals surface area contributed by atoms with Crippen LogP contribution in [0.2, 0.25) is 0 Å². The summed E-state index contributed by atoms with van der Waals surface area (Å²) in [6, 6.07) is 5.29. The Morgan fingerprint density at radius 2 is 1.94 bits per heavy atom. The van der Waals surface area contributed by atoms with E-state index in [9.17, 15) is 13.2 Å². The number of rotatable bonds is 2. The number of aromatic nitrogens is 3. The van der Waals surface area contributed by atoms with E-state index in [0.29, 0.717) is 6.54 Å². The molecule has 1 heterocycles. The number of nitrogens with zero attached hydrogens (tertiary/aromatic N) is 3. The second kappa shape index (κ2) is 4.20. The maximum absolute atomic E-state index is 12.8. The van der Waals surface area contributed by atoms with Gasteiger partial charge in [-0.3, -0.25) is 4.68 Å². The Balaban J connectivity index is 2.52. The summed E-state index contributed by atoms with van der Waals surface area (Å²) in [6.45, 7) is 2.41. The first-order valence-electron chi connectivity index (χ1n) is 5.08. The predicted octanol–water partition coefficient (Wildman–Crippen LogP) is 2.98. The maximum atomic E-state index is 12.8. The van der Waals surface area contributed by atoms with Crippen LogP contribution in [0, 0.1) is 0 Å². The van der Waals surface area contributed by atoms with Crippen LogP contribution in [0.5, 0.6) is 0 Å². The lowest BCUT2D eigenvalue weighted by molar-refractivity contribution is -0.137. The highest BCUT2D eigenvalue weighted by Crippen LogP contribution is 2.35. The minimum Gasteiger partial charge on any atom is -0.253 e. The minimum atomic E-state index is -4.39. The van der Waals surface area contributed by atoms with Crippen molar-refractivity contribution in [2.75, 3.05) is 0 Å². The molecule has 17 heavy (non-hydrogen) atoms. The fourth-order valence-corrected chi connectivity index (χ4v) is 1.50. The molecule has 1 aromatic carbocycles. The maximum Gasteiger partial charge on any atom is 0.417 e. The summed E-state index contributed by atoms with van der Waals surface area (Å²) in [5.74, 6) is 0.0970. The molecule has 1 aromatic heterocycles. The van der Waals surface area contributed by atoms with Gasteiger partial charge in [0.05, 0.1) is 5.56 Å². The van der Waals surface area contributed by atoms with Crippen molar-refractivity contribution in [1.29, 1.82) is 0 Å². The highest BCUT2D eigenvalue weighted by atomic mass is 19.4. The van der Waals surface area contributed by atoms with E-state index in [2.05, 4.69) is 10.1 Å². The highest BCUT2D eigenvalue weighted by molar-refractivity contribution is 5.60. The van der Waals surface area contributed by atoms with Gasteiger partial charge in [-0.1, -0.05) is 18.2 Å². The summed E-state index contributed by atoms with van der Waals surface area (Å²) in [5.41, 5.74) is -0.707. The monoisotopic (exact) mass is 241 g/mol. The molecule has 0 spiro atoms. The van der Waals surface area contributed by atoms with E-state index in [1.807, 2.05) is 6.92 Å². The Morgan fingerprint density at radius 3 is 2.53 bits per heavy atom. The molecule has 0 aliphatic heterocycles. The van der Waals surface area contributed by atoms with Crippen LogP contribution in [-0.2, 0) is 12.7 Å². The number of hydrogen-bond acceptors (Lipinski definition) is 2. The number of aryl methyl sites for hydroxylation is 1. The molecule has 2 rings (SSSR count). The van der Waals surface area contributed by atoms with Crippen molar-refractivity contribution in [3.8, 4) is 11.4 Å². The number of benzene rings is 1. The second-order valence-electron chi connectivity index (χ2n) is 3.47. The van der Waals surface area contributed by atoms with Gasteiger partial charge in [-0.05, 0) is 13.0 Å². The van der Waals surface area contributed by atoms with Crippen LogP contribution < -0.4 is 0 Å². The van der Waals surface area contributed by atoms with Crippen molar-refractivity contribution in [1.82, 2.24) is 14.8 Å². The molecule has 6 heteroatoms. The third kappa shape index (κ3) is 2.30. The molecular formula is C11H10F3N3. The molecule has 0 saturated heterocycles. The van der Waals surface area contributed by atoms with E-state index in [1.165, 1.54) is 29.2 Å². The van der Waals surface area contributed by atoms with Gasteiger partial charge in [0, 0.05) is 12.1 Å². The zero-order valence-electron chi connectivity index (χ0n) is 9.07. The van der Waals surface area contributed by atoms with Crippen LogP contribution in [0.1, 0.15) is 12.5 Å². The van der Waals surface area contributed by atoms with Gasteiger partial charge in [0.2, 0.25) is 0 Å². The fourth-order valence-electron chi connectivity index (χ4n) is 1.50. The Bertz CT molecular complexity index is 517. The smallest absolute Gasteiger partial charge is 0.253 e. The van der Waals surface area contributed by atoms with Gasteiger partial charge in [-0.2, -0.15) is 18.3 Å². The minimum absolute atomic E-state index is 0.00667. The Labute approximate surface area is 95.9 Å². The molecule has 0 aliphatic carbocycles. The number of hydrogen-bond donors (Lipinski definition) is 0. The van der Waals surface area contributed by atoms with Crippen LogP contribution >= 0.6 is 0 Å². The summed E-state index contributed by atoms with van der Waals surface area (Å²) >= 11 is 0. The van der Waals surface area contributed by atoms with Gasteiger partial charge < -0.3 is 0 Å². The van der Waals surface area contributed by atoms with E-state index in [0.717, 1.165) is 6.07 Å². The zero-order valence-corrected chi connectivity index (χ0v) is 9.07. The van der Waals surface area contributed by atoms with E-state index in [1.54, 1.807) is 0 Å². The van der Waals surface area contributed by atoms with Crippen LogP contribution in [0.3, 0.4) is 0 Å². The third-order valence-electron chi connectivity index (χ3n) is 2.33. The molecule has 0 amide bonds. The standard InChI is InChI=1S/C11H10F3N3/c1-2-17-7-15-10(16-17)8-5-3-4-6-9(8)11(12,13)14/h3-7H,2H2,1H3. The molecular weight excluding hydrogens is 231 g/mol. The van der Waals surface area contributed by atoms with Gasteiger partial charge >= 0.3 is 6.18 Å². The molecule has 0 aliphatic rings. The third-order valence-corrected chi connectivity index (χ3v) is 2.33. The van der Waals surface area contributed by atoms with Crippen LogP contribution in [0.4, 0.5) is 13.2 Å². The summed E-state index contributed by atoms with van der Waals surface area (Å²) < 4.78 is 39.8. The lowest BCUT2D eigenvalue weighted by Crippen LogP contribution is -2.07. The first-order valence-corrected chi connectivity index (χ1v) is 5.08. The highest BCUT2D eigenvalue weighted by Gasteiger charge is 2.34. The first kappa shape index (κ1) is 11.6. The predicted molar refractivity (Wildman–Crippen MR) is 56.1 cm³/mol. The van der Waals surface area contributed by atoms with Crippen molar-refractivity contribution in [2.24, 2.45) is 0 Å². The summed E-state index contributed by atoms with van der Waals surface area (Å²) in [5, 5.41) is 3.98. The first-order chi connectivity index (χ1) is 8.02. The van der Waals surface area contributed by atoms with E-state index in [4.69, 9.17) is 0 Å². The van der Waals surface area contributed by atoms with Crippen molar-refractivity contribution >= 4 is 0 Å². The lowest BCUT2D eigenvalue weighted by atomic mass is 10.1. The zero-order chi connectivity index (χ0) is 12.5. The lowest BCUT2D eigenvalue weighted by Gasteiger charge is -2.09. The number of alkyl halides is 3. The molecule has 0 bridgehead atoms. The molecule has 2 aromatic rings. The Kier molecular flexibility index (Phi) is 2.87. The average Bonchev–Trinajstić information content (AvgIpc) is 2.76. The normalized spacial score (nSPS) is 11.8. The summed E-state index contributed by atoms with van der Waals surface area (Å²) in [6.07, 6.45) is -2.98. The molecule has 0 atom stereocenters. The molecule has 3 nitrogen and oxygen atoms in total. The van der Waals surface area contributed by atoms with E-state index in [-0.39, 0.29) is 11.4 Å². The molecule has 90 valence electrons.